The predicted molar refractivity (Wildman–Crippen MR) is 38.8 cm³/mol. The molecule has 0 amide bonds. The molecule has 2 heteroatoms. The molecule has 0 spiro atoms. The van der Waals surface area contributed by atoms with E-state index in [1.54, 1.807) is 7.11 Å². The van der Waals surface area contributed by atoms with Crippen molar-refractivity contribution in [1.82, 2.24) is 0 Å². The Bertz CT molecular complexity index is 116. The van der Waals surface area contributed by atoms with Crippen LogP contribution in [0.2, 0.25) is 0 Å². The summed E-state index contributed by atoms with van der Waals surface area (Å²) >= 11 is 3.17. The molecule has 0 aliphatic carbocycles. The van der Waals surface area contributed by atoms with Crippen LogP contribution in [0.15, 0.2) is 22.9 Å². The van der Waals surface area contributed by atoms with Gasteiger partial charge in [-0.05, 0) is 28.9 Å². The molecule has 1 nitrogen and oxygen atoms in total. The van der Waals surface area contributed by atoms with Gasteiger partial charge in [0, 0.05) is 0 Å². The Labute approximate surface area is 58.2 Å². The summed E-state index contributed by atoms with van der Waals surface area (Å²) in [6.45, 7) is 5.51. The number of hydrogen-bond donors (Lipinski definition) is 0. The summed E-state index contributed by atoms with van der Waals surface area (Å²) in [4.78, 5) is 0. The van der Waals surface area contributed by atoms with Gasteiger partial charge in [0.05, 0.1) is 11.6 Å². The van der Waals surface area contributed by atoms with Crippen molar-refractivity contribution in [3.63, 3.8) is 0 Å². The standard InChI is InChI=1S/C6H9BrO/c1-4-6(8-3)5(2)7/h4H,2H2,1,3H3/b6-4+. The van der Waals surface area contributed by atoms with E-state index in [-0.39, 0.29) is 0 Å². The third-order valence-corrected chi connectivity index (χ3v) is 1.14. The average molecular weight is 177 g/mol. The van der Waals surface area contributed by atoms with E-state index in [0.29, 0.717) is 0 Å². The van der Waals surface area contributed by atoms with Crippen molar-refractivity contribution < 1.29 is 4.74 Å². The van der Waals surface area contributed by atoms with Gasteiger partial charge in [-0.25, -0.2) is 0 Å². The highest BCUT2D eigenvalue weighted by Crippen LogP contribution is 2.13. The quantitative estimate of drug-likeness (QED) is 0.465. The third kappa shape index (κ3) is 2.17. The molecule has 0 aromatic heterocycles. The van der Waals surface area contributed by atoms with E-state index in [1.165, 1.54) is 0 Å². The second-order valence-corrected chi connectivity index (χ2v) is 2.22. The van der Waals surface area contributed by atoms with Crippen LogP contribution in [0.3, 0.4) is 0 Å². The van der Waals surface area contributed by atoms with Crippen molar-refractivity contribution in [3.05, 3.63) is 22.9 Å². The monoisotopic (exact) mass is 176 g/mol. The highest BCUT2D eigenvalue weighted by atomic mass is 79.9. The molecular weight excluding hydrogens is 168 g/mol. The van der Waals surface area contributed by atoms with Crippen LogP contribution in [0.1, 0.15) is 6.92 Å². The lowest BCUT2D eigenvalue weighted by Crippen LogP contribution is -1.82. The van der Waals surface area contributed by atoms with E-state index >= 15 is 0 Å². The highest BCUT2D eigenvalue weighted by Gasteiger charge is 1.92. The summed E-state index contributed by atoms with van der Waals surface area (Å²) in [6.07, 6.45) is 1.84. The summed E-state index contributed by atoms with van der Waals surface area (Å²) in [5.74, 6) is 0.782. The zero-order valence-corrected chi connectivity index (χ0v) is 6.66. The Kier molecular flexibility index (Phi) is 3.61. The van der Waals surface area contributed by atoms with Crippen molar-refractivity contribution in [2.45, 2.75) is 6.92 Å². The molecule has 0 aromatic rings. The molecular formula is C6H9BrO. The van der Waals surface area contributed by atoms with Gasteiger partial charge in [0.25, 0.3) is 0 Å². The van der Waals surface area contributed by atoms with Crippen LogP contribution in [-0.2, 0) is 4.74 Å². The van der Waals surface area contributed by atoms with E-state index in [4.69, 9.17) is 4.74 Å². The molecule has 0 rings (SSSR count). The minimum Gasteiger partial charge on any atom is -0.496 e. The topological polar surface area (TPSA) is 9.23 Å². The molecule has 0 bridgehead atoms. The number of hydrogen-bond acceptors (Lipinski definition) is 1. The minimum absolute atomic E-state index is 0.780. The van der Waals surface area contributed by atoms with E-state index in [2.05, 4.69) is 22.5 Å². The van der Waals surface area contributed by atoms with Gasteiger partial charge in [-0.3, -0.25) is 0 Å². The van der Waals surface area contributed by atoms with Gasteiger partial charge < -0.3 is 4.74 Å². The molecule has 0 atom stereocenters. The molecule has 0 aliphatic rings. The molecule has 0 unspecified atom stereocenters. The number of ether oxygens (including phenoxy) is 1. The fourth-order valence-corrected chi connectivity index (χ4v) is 0.776. The minimum atomic E-state index is 0.780. The first kappa shape index (κ1) is 7.76. The van der Waals surface area contributed by atoms with Gasteiger partial charge in [0.15, 0.2) is 0 Å². The van der Waals surface area contributed by atoms with E-state index < -0.39 is 0 Å². The fraction of sp³-hybridized carbons (Fsp3) is 0.333. The maximum absolute atomic E-state index is 4.88. The normalized spacial score (nSPS) is 11.1. The van der Waals surface area contributed by atoms with Crippen molar-refractivity contribution in [1.29, 1.82) is 0 Å². The molecule has 0 heterocycles. The van der Waals surface area contributed by atoms with Gasteiger partial charge in [-0.1, -0.05) is 6.58 Å². The van der Waals surface area contributed by atoms with Crippen LogP contribution in [0.4, 0.5) is 0 Å². The number of rotatable bonds is 2. The van der Waals surface area contributed by atoms with Gasteiger partial charge in [0.1, 0.15) is 5.76 Å². The molecule has 0 saturated carbocycles. The largest absolute Gasteiger partial charge is 0.496 e. The summed E-state index contributed by atoms with van der Waals surface area (Å²) < 4.78 is 5.66. The molecule has 46 valence electrons. The van der Waals surface area contributed by atoms with Crippen LogP contribution in [0.5, 0.6) is 0 Å². The lowest BCUT2D eigenvalue weighted by Gasteiger charge is -1.99. The van der Waals surface area contributed by atoms with Crippen molar-refractivity contribution in [3.8, 4) is 0 Å². The van der Waals surface area contributed by atoms with Crippen LogP contribution in [0.25, 0.3) is 0 Å². The Hall–Kier alpha value is -0.240. The van der Waals surface area contributed by atoms with E-state index in [0.717, 1.165) is 10.2 Å². The Morgan fingerprint density at radius 3 is 2.25 bits per heavy atom. The SMILES string of the molecule is C=C(Br)/C(=C\C)OC. The van der Waals surface area contributed by atoms with E-state index in [1.807, 2.05) is 13.0 Å². The van der Waals surface area contributed by atoms with Gasteiger partial charge in [-0.2, -0.15) is 0 Å². The maximum Gasteiger partial charge on any atom is 0.128 e. The van der Waals surface area contributed by atoms with Gasteiger partial charge >= 0.3 is 0 Å². The number of allylic oxidation sites excluding steroid dienone is 2. The molecule has 0 aromatic carbocycles. The lowest BCUT2D eigenvalue weighted by molar-refractivity contribution is 0.305. The zero-order valence-electron chi connectivity index (χ0n) is 5.07. The molecule has 8 heavy (non-hydrogen) atoms. The van der Waals surface area contributed by atoms with Crippen LogP contribution in [-0.4, -0.2) is 7.11 Å². The maximum atomic E-state index is 4.88. The fourth-order valence-electron chi connectivity index (χ4n) is 0.385. The summed E-state index contributed by atoms with van der Waals surface area (Å²) in [6, 6.07) is 0. The first-order chi connectivity index (χ1) is 3.72. The van der Waals surface area contributed by atoms with Crippen LogP contribution in [0, 0.1) is 0 Å². The molecule has 0 saturated heterocycles. The highest BCUT2D eigenvalue weighted by molar-refractivity contribution is 9.11. The number of methoxy groups -OCH3 is 1. The lowest BCUT2D eigenvalue weighted by atomic mass is 10.5. The molecule has 0 fully saturated rings. The average Bonchev–Trinajstić information content (AvgIpc) is 1.69. The second kappa shape index (κ2) is 3.72. The van der Waals surface area contributed by atoms with Crippen LogP contribution >= 0.6 is 15.9 Å². The molecule has 0 N–H and O–H groups in total. The smallest absolute Gasteiger partial charge is 0.128 e. The Morgan fingerprint density at radius 1 is 1.75 bits per heavy atom. The summed E-state index contributed by atoms with van der Waals surface area (Å²) in [5, 5.41) is 0. The van der Waals surface area contributed by atoms with Crippen molar-refractivity contribution >= 4 is 15.9 Å². The molecule has 0 radical (unpaired) electrons. The Morgan fingerprint density at radius 2 is 2.25 bits per heavy atom. The Balaban J connectivity index is 3.92. The molecule has 0 aliphatic heterocycles. The van der Waals surface area contributed by atoms with Crippen LogP contribution < -0.4 is 0 Å². The predicted octanol–water partition coefficient (Wildman–Crippen LogP) is 2.45. The summed E-state index contributed by atoms with van der Waals surface area (Å²) in [5.41, 5.74) is 0. The number of halogens is 1. The van der Waals surface area contributed by atoms with Crippen molar-refractivity contribution in [2.75, 3.05) is 7.11 Å². The second-order valence-electron chi connectivity index (χ2n) is 1.26. The third-order valence-electron chi connectivity index (χ3n) is 0.749. The van der Waals surface area contributed by atoms with Gasteiger partial charge in [-0.15, -0.1) is 0 Å². The first-order valence-electron chi connectivity index (χ1n) is 2.27. The first-order valence-corrected chi connectivity index (χ1v) is 3.06. The zero-order chi connectivity index (χ0) is 6.57. The summed E-state index contributed by atoms with van der Waals surface area (Å²) in [7, 11) is 1.61. The van der Waals surface area contributed by atoms with E-state index in [9.17, 15) is 0 Å². The van der Waals surface area contributed by atoms with Crippen molar-refractivity contribution in [2.24, 2.45) is 0 Å². The van der Waals surface area contributed by atoms with Gasteiger partial charge in [0.2, 0.25) is 0 Å².